The molecule has 1 aliphatic carbocycles. The van der Waals surface area contributed by atoms with Gasteiger partial charge in [0.1, 0.15) is 11.0 Å². The van der Waals surface area contributed by atoms with Crippen molar-refractivity contribution in [3.63, 3.8) is 0 Å². The Hall–Kier alpha value is -1.04. The van der Waals surface area contributed by atoms with Gasteiger partial charge in [-0.15, -0.1) is 0 Å². The van der Waals surface area contributed by atoms with Crippen molar-refractivity contribution in [1.29, 1.82) is 0 Å². The molecule has 16 heavy (non-hydrogen) atoms. The number of alkyl halides is 3. The Bertz CT molecular complexity index is 407. The third kappa shape index (κ3) is 2.55. The standard InChI is InChI=1S/C9H9ClF3N3/c1-4-2-5(4)14-7-3-6(10)15-8(16-7)9(11,12)13/h3-5H,2H2,1H3,(H,14,15,16). The second-order valence-corrected chi connectivity index (χ2v) is 4.25. The van der Waals surface area contributed by atoms with Crippen LogP contribution in [0.2, 0.25) is 5.15 Å². The highest BCUT2D eigenvalue weighted by Crippen LogP contribution is 2.33. The van der Waals surface area contributed by atoms with E-state index in [-0.39, 0.29) is 17.0 Å². The van der Waals surface area contributed by atoms with Crippen LogP contribution in [0, 0.1) is 5.92 Å². The molecule has 0 aromatic carbocycles. The molecule has 2 atom stereocenters. The van der Waals surface area contributed by atoms with Crippen molar-refractivity contribution >= 4 is 17.4 Å². The highest BCUT2D eigenvalue weighted by molar-refractivity contribution is 6.29. The maximum Gasteiger partial charge on any atom is 0.451 e. The minimum absolute atomic E-state index is 0.127. The quantitative estimate of drug-likeness (QED) is 0.821. The molecule has 2 unspecified atom stereocenters. The Morgan fingerprint density at radius 2 is 2.06 bits per heavy atom. The van der Waals surface area contributed by atoms with Crippen molar-refractivity contribution in [2.45, 2.75) is 25.6 Å². The van der Waals surface area contributed by atoms with Gasteiger partial charge in [-0.25, -0.2) is 9.97 Å². The fraction of sp³-hybridized carbons (Fsp3) is 0.556. The van der Waals surface area contributed by atoms with Crippen molar-refractivity contribution in [2.24, 2.45) is 5.92 Å². The van der Waals surface area contributed by atoms with Gasteiger partial charge in [0.15, 0.2) is 0 Å². The molecule has 0 saturated heterocycles. The highest BCUT2D eigenvalue weighted by Gasteiger charge is 2.37. The van der Waals surface area contributed by atoms with E-state index in [4.69, 9.17) is 11.6 Å². The van der Waals surface area contributed by atoms with Crippen LogP contribution >= 0.6 is 11.6 Å². The Labute approximate surface area is 95.0 Å². The van der Waals surface area contributed by atoms with E-state index in [0.29, 0.717) is 5.92 Å². The van der Waals surface area contributed by atoms with Gasteiger partial charge in [0.2, 0.25) is 5.82 Å². The lowest BCUT2D eigenvalue weighted by Gasteiger charge is -2.09. The number of nitrogens with zero attached hydrogens (tertiary/aromatic N) is 2. The van der Waals surface area contributed by atoms with Crippen molar-refractivity contribution in [3.05, 3.63) is 17.0 Å². The van der Waals surface area contributed by atoms with E-state index < -0.39 is 12.0 Å². The molecular weight excluding hydrogens is 243 g/mol. The molecule has 1 aromatic rings. The second-order valence-electron chi connectivity index (χ2n) is 3.86. The van der Waals surface area contributed by atoms with Gasteiger partial charge in [0, 0.05) is 12.1 Å². The predicted molar refractivity (Wildman–Crippen MR) is 53.2 cm³/mol. The number of aromatic nitrogens is 2. The lowest BCUT2D eigenvalue weighted by Crippen LogP contribution is -2.14. The zero-order valence-electron chi connectivity index (χ0n) is 8.35. The summed E-state index contributed by atoms with van der Waals surface area (Å²) in [7, 11) is 0. The summed E-state index contributed by atoms with van der Waals surface area (Å²) in [5, 5.41) is 2.67. The number of halogens is 4. The van der Waals surface area contributed by atoms with Gasteiger partial charge in [-0.05, 0) is 12.3 Å². The van der Waals surface area contributed by atoms with Gasteiger partial charge in [0.05, 0.1) is 0 Å². The zero-order valence-corrected chi connectivity index (χ0v) is 9.10. The molecule has 0 amide bonds. The van der Waals surface area contributed by atoms with Crippen molar-refractivity contribution in [1.82, 2.24) is 9.97 Å². The number of hydrogen-bond acceptors (Lipinski definition) is 3. The summed E-state index contributed by atoms with van der Waals surface area (Å²) in [5.74, 6) is -0.624. The molecule has 0 aliphatic heterocycles. The van der Waals surface area contributed by atoms with Gasteiger partial charge >= 0.3 is 6.18 Å². The third-order valence-electron chi connectivity index (χ3n) is 2.39. The fourth-order valence-electron chi connectivity index (χ4n) is 1.33. The summed E-state index contributed by atoms with van der Waals surface area (Å²) < 4.78 is 37.1. The van der Waals surface area contributed by atoms with Gasteiger partial charge in [0.25, 0.3) is 0 Å². The average molecular weight is 252 g/mol. The van der Waals surface area contributed by atoms with Crippen LogP contribution in [0.3, 0.4) is 0 Å². The normalized spacial score (nSPS) is 24.3. The fourth-order valence-corrected chi connectivity index (χ4v) is 1.51. The minimum Gasteiger partial charge on any atom is -0.367 e. The molecule has 2 rings (SSSR count). The first-order valence-electron chi connectivity index (χ1n) is 4.74. The van der Waals surface area contributed by atoms with Crippen LogP contribution < -0.4 is 5.32 Å². The van der Waals surface area contributed by atoms with E-state index in [0.717, 1.165) is 6.42 Å². The predicted octanol–water partition coefficient (Wildman–Crippen LogP) is 2.97. The van der Waals surface area contributed by atoms with Crippen molar-refractivity contribution < 1.29 is 13.2 Å². The molecule has 0 bridgehead atoms. The summed E-state index contributed by atoms with van der Waals surface area (Å²) in [6, 6.07) is 1.48. The number of hydrogen-bond donors (Lipinski definition) is 1. The summed E-state index contributed by atoms with van der Waals surface area (Å²) in [6.45, 7) is 2.01. The summed E-state index contributed by atoms with van der Waals surface area (Å²) in [6.07, 6.45) is -3.64. The van der Waals surface area contributed by atoms with E-state index >= 15 is 0 Å². The Kier molecular flexibility index (Phi) is 2.69. The first kappa shape index (κ1) is 11.4. The summed E-state index contributed by atoms with van der Waals surface area (Å²) in [5.41, 5.74) is 0. The summed E-state index contributed by atoms with van der Waals surface area (Å²) in [4.78, 5) is 6.53. The van der Waals surface area contributed by atoms with E-state index in [1.165, 1.54) is 6.07 Å². The number of rotatable bonds is 2. The lowest BCUT2D eigenvalue weighted by molar-refractivity contribution is -0.144. The average Bonchev–Trinajstić information content (AvgIpc) is 2.79. The van der Waals surface area contributed by atoms with Crippen LogP contribution in [-0.2, 0) is 6.18 Å². The zero-order chi connectivity index (χ0) is 11.9. The molecule has 1 N–H and O–H groups in total. The number of anilines is 1. The molecule has 1 saturated carbocycles. The van der Waals surface area contributed by atoms with Crippen LogP contribution in [0.5, 0.6) is 0 Å². The first-order chi connectivity index (χ1) is 7.36. The molecule has 1 fully saturated rings. The monoisotopic (exact) mass is 251 g/mol. The maximum atomic E-state index is 12.4. The SMILES string of the molecule is CC1CC1Nc1cc(Cl)nc(C(F)(F)F)n1. The van der Waals surface area contributed by atoms with E-state index in [1.54, 1.807) is 0 Å². The van der Waals surface area contributed by atoms with Gasteiger partial charge in [-0.3, -0.25) is 0 Å². The molecule has 7 heteroatoms. The molecular formula is C9H9ClF3N3. The lowest BCUT2D eigenvalue weighted by atomic mass is 10.4. The highest BCUT2D eigenvalue weighted by atomic mass is 35.5. The van der Waals surface area contributed by atoms with E-state index in [1.807, 2.05) is 6.92 Å². The largest absolute Gasteiger partial charge is 0.451 e. The molecule has 1 heterocycles. The number of nitrogens with one attached hydrogen (secondary N) is 1. The Morgan fingerprint density at radius 3 is 2.56 bits per heavy atom. The topological polar surface area (TPSA) is 37.8 Å². The van der Waals surface area contributed by atoms with Crippen molar-refractivity contribution in [2.75, 3.05) is 5.32 Å². The molecule has 0 spiro atoms. The second kappa shape index (κ2) is 3.76. The Morgan fingerprint density at radius 1 is 1.44 bits per heavy atom. The van der Waals surface area contributed by atoms with Gasteiger partial charge in [-0.1, -0.05) is 18.5 Å². The molecule has 1 aromatic heterocycles. The van der Waals surface area contributed by atoms with Crippen LogP contribution in [0.1, 0.15) is 19.2 Å². The molecule has 3 nitrogen and oxygen atoms in total. The first-order valence-corrected chi connectivity index (χ1v) is 5.12. The van der Waals surface area contributed by atoms with Gasteiger partial charge < -0.3 is 5.32 Å². The summed E-state index contributed by atoms with van der Waals surface area (Å²) >= 11 is 5.51. The third-order valence-corrected chi connectivity index (χ3v) is 2.58. The van der Waals surface area contributed by atoms with E-state index in [9.17, 15) is 13.2 Å². The maximum absolute atomic E-state index is 12.4. The minimum atomic E-state index is -4.57. The van der Waals surface area contributed by atoms with E-state index in [2.05, 4.69) is 15.3 Å². The molecule has 1 aliphatic rings. The van der Waals surface area contributed by atoms with Crippen molar-refractivity contribution in [3.8, 4) is 0 Å². The van der Waals surface area contributed by atoms with Crippen LogP contribution in [0.4, 0.5) is 19.0 Å². The molecule has 0 radical (unpaired) electrons. The van der Waals surface area contributed by atoms with Gasteiger partial charge in [-0.2, -0.15) is 13.2 Å². The van der Waals surface area contributed by atoms with Crippen LogP contribution in [-0.4, -0.2) is 16.0 Å². The van der Waals surface area contributed by atoms with Crippen LogP contribution in [0.15, 0.2) is 6.07 Å². The Balaban J connectivity index is 2.22. The van der Waals surface area contributed by atoms with Crippen LogP contribution in [0.25, 0.3) is 0 Å². The smallest absolute Gasteiger partial charge is 0.367 e. The molecule has 88 valence electrons.